The van der Waals surface area contributed by atoms with Gasteiger partial charge in [0.25, 0.3) is 5.91 Å². The number of fused-ring (bicyclic) bond motifs is 1. The lowest BCUT2D eigenvalue weighted by molar-refractivity contribution is -0.127. The average molecular weight is 370 g/mol. The minimum absolute atomic E-state index is 0.224. The zero-order chi connectivity index (χ0) is 19.4. The largest absolute Gasteiger partial charge is 0.366 e. The van der Waals surface area contributed by atoms with Crippen LogP contribution in [0.3, 0.4) is 0 Å². The van der Waals surface area contributed by atoms with Gasteiger partial charge in [-0.3, -0.25) is 9.59 Å². The van der Waals surface area contributed by atoms with Crippen molar-refractivity contribution in [3.05, 3.63) is 48.0 Å². The number of aliphatic hydroxyl groups is 1. The van der Waals surface area contributed by atoms with E-state index in [9.17, 15) is 14.7 Å². The summed E-state index contributed by atoms with van der Waals surface area (Å²) >= 11 is 0. The molecule has 0 saturated carbocycles. The Morgan fingerprint density at radius 1 is 1.19 bits per heavy atom. The molecule has 3 rings (SSSR count). The summed E-state index contributed by atoms with van der Waals surface area (Å²) < 4.78 is 5.07. The van der Waals surface area contributed by atoms with Crippen molar-refractivity contribution < 1.29 is 19.4 Å². The third-order valence-electron chi connectivity index (χ3n) is 4.73. The van der Waals surface area contributed by atoms with Crippen molar-refractivity contribution in [3.8, 4) is 0 Å². The van der Waals surface area contributed by atoms with Crippen LogP contribution >= 0.6 is 0 Å². The van der Waals surface area contributed by atoms with Crippen LogP contribution in [0.1, 0.15) is 37.0 Å². The highest BCUT2D eigenvalue weighted by Gasteiger charge is 2.31. The second kappa shape index (κ2) is 8.50. The summed E-state index contributed by atoms with van der Waals surface area (Å²) in [5.41, 5.74) is 0.513. The van der Waals surface area contributed by atoms with Gasteiger partial charge in [0.2, 0.25) is 5.91 Å². The van der Waals surface area contributed by atoms with Gasteiger partial charge in [-0.1, -0.05) is 44.2 Å². The zero-order valence-corrected chi connectivity index (χ0v) is 15.6. The van der Waals surface area contributed by atoms with E-state index in [1.165, 1.54) is 0 Å². The van der Waals surface area contributed by atoms with E-state index in [4.69, 9.17) is 4.74 Å². The average Bonchev–Trinajstić information content (AvgIpc) is 3.05. The molecule has 0 bridgehead atoms. The Balaban J connectivity index is 1.72. The second-order valence-corrected chi connectivity index (χ2v) is 7.38. The van der Waals surface area contributed by atoms with Crippen LogP contribution in [0.15, 0.2) is 42.5 Å². The van der Waals surface area contributed by atoms with E-state index in [0.29, 0.717) is 25.0 Å². The zero-order valence-electron chi connectivity index (χ0n) is 15.6. The summed E-state index contributed by atoms with van der Waals surface area (Å²) in [5, 5.41) is 17.4. The van der Waals surface area contributed by atoms with Crippen LogP contribution < -0.4 is 10.6 Å². The summed E-state index contributed by atoms with van der Waals surface area (Å²) in [6.07, 6.45) is 0.0687. The first-order chi connectivity index (χ1) is 12.9. The molecule has 3 atom stereocenters. The normalized spacial score (nSPS) is 20.6. The van der Waals surface area contributed by atoms with Crippen molar-refractivity contribution in [1.82, 2.24) is 10.6 Å². The molecule has 0 aromatic heterocycles. The molecule has 2 aromatic carbocycles. The van der Waals surface area contributed by atoms with E-state index in [1.807, 2.05) is 50.2 Å². The maximum absolute atomic E-state index is 12.7. The van der Waals surface area contributed by atoms with Gasteiger partial charge in [-0.15, -0.1) is 0 Å². The fraction of sp³-hybridized carbons (Fsp3) is 0.429. The molecule has 1 aliphatic heterocycles. The lowest BCUT2D eigenvalue weighted by Gasteiger charge is -2.23. The molecule has 3 N–H and O–H groups in total. The molecule has 27 heavy (non-hydrogen) atoms. The topological polar surface area (TPSA) is 87.7 Å². The number of ether oxygens (including phenoxy) is 1. The molecule has 1 saturated heterocycles. The predicted octanol–water partition coefficient (Wildman–Crippen LogP) is 2.21. The SMILES string of the molecule is CC(C)CC(NC(=O)c1ccc2ccccc2c1)C(=O)N[C@H]1CCOC1O. The van der Waals surface area contributed by atoms with Gasteiger partial charge in [0.15, 0.2) is 6.29 Å². The summed E-state index contributed by atoms with van der Waals surface area (Å²) in [5.74, 6) is -0.362. The Bertz CT molecular complexity index is 821. The highest BCUT2D eigenvalue weighted by atomic mass is 16.6. The van der Waals surface area contributed by atoms with E-state index in [1.54, 1.807) is 6.07 Å². The van der Waals surface area contributed by atoms with Gasteiger partial charge in [-0.25, -0.2) is 0 Å². The van der Waals surface area contributed by atoms with Crippen molar-refractivity contribution >= 4 is 22.6 Å². The van der Waals surface area contributed by atoms with Gasteiger partial charge in [0.05, 0.1) is 12.6 Å². The lowest BCUT2D eigenvalue weighted by Crippen LogP contribution is -2.51. The Hall–Kier alpha value is -2.44. The van der Waals surface area contributed by atoms with Crippen LogP contribution in [0.4, 0.5) is 0 Å². The first-order valence-electron chi connectivity index (χ1n) is 9.34. The van der Waals surface area contributed by atoms with Crippen LogP contribution in [0.25, 0.3) is 10.8 Å². The highest BCUT2D eigenvalue weighted by molar-refractivity contribution is 6.00. The minimum Gasteiger partial charge on any atom is -0.366 e. The molecule has 2 amide bonds. The first kappa shape index (κ1) is 19.3. The molecule has 1 fully saturated rings. The van der Waals surface area contributed by atoms with Gasteiger partial charge in [-0.2, -0.15) is 0 Å². The van der Waals surface area contributed by atoms with Gasteiger partial charge in [-0.05, 0) is 41.7 Å². The Labute approximate surface area is 158 Å². The summed E-state index contributed by atoms with van der Waals surface area (Å²) in [7, 11) is 0. The predicted molar refractivity (Wildman–Crippen MR) is 103 cm³/mol. The highest BCUT2D eigenvalue weighted by Crippen LogP contribution is 2.17. The number of amides is 2. The molecule has 144 valence electrons. The van der Waals surface area contributed by atoms with E-state index in [-0.39, 0.29) is 17.7 Å². The monoisotopic (exact) mass is 370 g/mol. The van der Waals surface area contributed by atoms with Crippen LogP contribution in [-0.2, 0) is 9.53 Å². The molecule has 0 radical (unpaired) electrons. The molecule has 1 heterocycles. The number of aliphatic hydroxyl groups excluding tert-OH is 1. The maximum Gasteiger partial charge on any atom is 0.251 e. The fourth-order valence-corrected chi connectivity index (χ4v) is 3.28. The van der Waals surface area contributed by atoms with E-state index < -0.39 is 18.4 Å². The van der Waals surface area contributed by atoms with Gasteiger partial charge in [0.1, 0.15) is 6.04 Å². The van der Waals surface area contributed by atoms with Gasteiger partial charge < -0.3 is 20.5 Å². The standard InChI is InChI=1S/C21H26N2O4/c1-13(2)11-18(20(25)22-17-9-10-27-21(17)26)23-19(24)16-8-7-14-5-3-4-6-15(14)12-16/h3-8,12-13,17-18,21,26H,9-11H2,1-2H3,(H,22,25)(H,23,24)/t17-,18?,21?/m0/s1. The molecule has 0 aliphatic carbocycles. The number of rotatable bonds is 6. The molecule has 6 nitrogen and oxygen atoms in total. The van der Waals surface area contributed by atoms with Crippen LogP contribution in [0.5, 0.6) is 0 Å². The molecular weight excluding hydrogens is 344 g/mol. The van der Waals surface area contributed by atoms with Crippen LogP contribution in [-0.4, -0.2) is 41.9 Å². The van der Waals surface area contributed by atoms with Crippen molar-refractivity contribution in [3.63, 3.8) is 0 Å². The number of carbonyl (C=O) groups excluding carboxylic acids is 2. The fourth-order valence-electron chi connectivity index (χ4n) is 3.28. The smallest absolute Gasteiger partial charge is 0.251 e. The number of carbonyl (C=O) groups is 2. The number of hydrogen-bond donors (Lipinski definition) is 3. The minimum atomic E-state index is -0.996. The molecular formula is C21H26N2O4. The van der Waals surface area contributed by atoms with Crippen LogP contribution in [0.2, 0.25) is 0 Å². The van der Waals surface area contributed by atoms with Crippen molar-refractivity contribution in [2.75, 3.05) is 6.61 Å². The summed E-state index contributed by atoms with van der Waals surface area (Å²) in [6.45, 7) is 4.40. The summed E-state index contributed by atoms with van der Waals surface area (Å²) in [6, 6.07) is 12.2. The number of nitrogens with one attached hydrogen (secondary N) is 2. The van der Waals surface area contributed by atoms with Crippen molar-refractivity contribution in [1.29, 1.82) is 0 Å². The molecule has 6 heteroatoms. The Morgan fingerprint density at radius 2 is 1.93 bits per heavy atom. The molecule has 2 aromatic rings. The Kier molecular flexibility index (Phi) is 6.08. The Morgan fingerprint density at radius 3 is 2.59 bits per heavy atom. The third-order valence-corrected chi connectivity index (χ3v) is 4.73. The number of hydrogen-bond acceptors (Lipinski definition) is 4. The van der Waals surface area contributed by atoms with E-state index >= 15 is 0 Å². The molecule has 1 aliphatic rings. The van der Waals surface area contributed by atoms with Crippen molar-refractivity contribution in [2.45, 2.75) is 45.1 Å². The van der Waals surface area contributed by atoms with Crippen molar-refractivity contribution in [2.24, 2.45) is 5.92 Å². The van der Waals surface area contributed by atoms with Gasteiger partial charge in [0, 0.05) is 5.56 Å². The quantitative estimate of drug-likeness (QED) is 0.727. The maximum atomic E-state index is 12.7. The van der Waals surface area contributed by atoms with E-state index in [2.05, 4.69) is 10.6 Å². The van der Waals surface area contributed by atoms with Gasteiger partial charge >= 0.3 is 0 Å². The van der Waals surface area contributed by atoms with E-state index in [0.717, 1.165) is 10.8 Å². The summed E-state index contributed by atoms with van der Waals surface area (Å²) in [4.78, 5) is 25.4. The first-order valence-corrected chi connectivity index (χ1v) is 9.34. The number of benzene rings is 2. The molecule has 0 spiro atoms. The lowest BCUT2D eigenvalue weighted by atomic mass is 10.0. The molecule has 2 unspecified atom stereocenters. The third kappa shape index (κ3) is 4.84. The van der Waals surface area contributed by atoms with Crippen LogP contribution in [0, 0.1) is 5.92 Å². The second-order valence-electron chi connectivity index (χ2n) is 7.38.